The zero-order chi connectivity index (χ0) is 20.2. The molecule has 5 nitrogen and oxygen atoms in total. The van der Waals surface area contributed by atoms with Gasteiger partial charge in [-0.2, -0.15) is 0 Å². The van der Waals surface area contributed by atoms with Crippen LogP contribution in [0.25, 0.3) is 0 Å². The number of hydrogen-bond acceptors (Lipinski definition) is 4. The molecule has 0 fully saturated rings. The maximum Gasteiger partial charge on any atom is 0.261 e. The van der Waals surface area contributed by atoms with Gasteiger partial charge in [0.1, 0.15) is 5.75 Å². The van der Waals surface area contributed by atoms with E-state index in [1.54, 1.807) is 31.2 Å². The van der Waals surface area contributed by atoms with Gasteiger partial charge in [0, 0.05) is 6.26 Å². The minimum absolute atomic E-state index is 0.212. The molecule has 0 aliphatic heterocycles. The monoisotopic (exact) mass is 389 g/mol. The average Bonchev–Trinajstić information content (AvgIpc) is 2.62. The van der Waals surface area contributed by atoms with Gasteiger partial charge >= 0.3 is 0 Å². The van der Waals surface area contributed by atoms with Gasteiger partial charge in [0.2, 0.25) is 0 Å². The molecule has 0 aliphatic rings. The molecule has 0 radical (unpaired) electrons. The molecule has 0 aromatic heterocycles. The third-order valence-electron chi connectivity index (χ3n) is 4.66. The first-order valence-electron chi connectivity index (χ1n) is 8.96. The number of sulfone groups is 1. The van der Waals surface area contributed by atoms with E-state index in [1.165, 1.54) is 6.26 Å². The molecule has 2 unspecified atom stereocenters. The minimum atomic E-state index is -3.24. The molecule has 2 atom stereocenters. The molecule has 1 N–H and O–H groups in total. The fourth-order valence-electron chi connectivity index (χ4n) is 2.75. The van der Waals surface area contributed by atoms with Gasteiger partial charge in [-0.1, -0.05) is 31.2 Å². The predicted molar refractivity (Wildman–Crippen MR) is 107 cm³/mol. The second kappa shape index (κ2) is 8.57. The van der Waals surface area contributed by atoms with Crippen LogP contribution in [0, 0.1) is 13.8 Å². The molecule has 0 spiro atoms. The molecular formula is C21H27NO4S. The van der Waals surface area contributed by atoms with Crippen molar-refractivity contribution in [3.05, 3.63) is 59.2 Å². The second-order valence-corrected chi connectivity index (χ2v) is 8.78. The van der Waals surface area contributed by atoms with Crippen LogP contribution >= 0.6 is 0 Å². The molecule has 2 aromatic rings. The third kappa shape index (κ3) is 5.32. The first kappa shape index (κ1) is 21.0. The van der Waals surface area contributed by atoms with Crippen molar-refractivity contribution in [1.29, 1.82) is 0 Å². The summed E-state index contributed by atoms with van der Waals surface area (Å²) in [5.41, 5.74) is 2.98. The van der Waals surface area contributed by atoms with E-state index in [9.17, 15) is 13.2 Å². The summed E-state index contributed by atoms with van der Waals surface area (Å²) in [7, 11) is -3.24. The molecule has 0 saturated heterocycles. The minimum Gasteiger partial charge on any atom is -0.481 e. The lowest BCUT2D eigenvalue weighted by molar-refractivity contribution is -0.128. The topological polar surface area (TPSA) is 72.5 Å². The Hall–Kier alpha value is -2.34. The van der Waals surface area contributed by atoms with Crippen molar-refractivity contribution in [2.24, 2.45) is 0 Å². The summed E-state index contributed by atoms with van der Waals surface area (Å²) in [5, 5.41) is 2.98. The van der Waals surface area contributed by atoms with Crippen LogP contribution in [0.5, 0.6) is 5.75 Å². The number of hydrogen-bond donors (Lipinski definition) is 1. The van der Waals surface area contributed by atoms with Gasteiger partial charge in [0.05, 0.1) is 10.9 Å². The number of aryl methyl sites for hydroxylation is 1. The Morgan fingerprint density at radius 3 is 2.30 bits per heavy atom. The highest BCUT2D eigenvalue weighted by atomic mass is 32.2. The normalized spacial score (nSPS) is 13.7. The summed E-state index contributed by atoms with van der Waals surface area (Å²) >= 11 is 0. The maximum atomic E-state index is 12.6. The number of benzene rings is 2. The molecule has 6 heteroatoms. The van der Waals surface area contributed by atoms with Crippen LogP contribution in [0.15, 0.2) is 47.4 Å². The SMILES string of the molecule is CCC(NC(=O)C(C)Oc1cccc(C)c1C)c1ccc(S(C)(=O)=O)cc1. The van der Waals surface area contributed by atoms with Crippen LogP contribution < -0.4 is 10.1 Å². The number of carbonyl (C=O) groups excluding carboxylic acids is 1. The van der Waals surface area contributed by atoms with Crippen molar-refractivity contribution in [1.82, 2.24) is 5.32 Å². The van der Waals surface area contributed by atoms with Crippen LogP contribution in [0.3, 0.4) is 0 Å². The average molecular weight is 390 g/mol. The summed E-state index contributed by atoms with van der Waals surface area (Å²) < 4.78 is 29.0. The first-order chi connectivity index (χ1) is 12.6. The van der Waals surface area contributed by atoms with E-state index < -0.39 is 15.9 Å². The molecule has 0 heterocycles. The van der Waals surface area contributed by atoms with E-state index in [0.29, 0.717) is 12.2 Å². The molecule has 0 bridgehead atoms. The fourth-order valence-corrected chi connectivity index (χ4v) is 3.38. The van der Waals surface area contributed by atoms with Gasteiger partial charge in [-0.15, -0.1) is 0 Å². The van der Waals surface area contributed by atoms with Crippen LogP contribution in [0.1, 0.15) is 43.0 Å². The van der Waals surface area contributed by atoms with Crippen molar-refractivity contribution in [2.75, 3.05) is 6.26 Å². The van der Waals surface area contributed by atoms with Gasteiger partial charge in [-0.05, 0) is 62.1 Å². The number of rotatable bonds is 7. The van der Waals surface area contributed by atoms with Gasteiger partial charge in [-0.25, -0.2) is 8.42 Å². The highest BCUT2D eigenvalue weighted by Crippen LogP contribution is 2.23. The molecule has 2 rings (SSSR count). The van der Waals surface area contributed by atoms with E-state index in [-0.39, 0.29) is 16.8 Å². The first-order valence-corrected chi connectivity index (χ1v) is 10.9. The van der Waals surface area contributed by atoms with Crippen LogP contribution in [-0.4, -0.2) is 26.7 Å². The molecule has 146 valence electrons. The molecule has 0 saturated carbocycles. The Morgan fingerprint density at radius 1 is 1.11 bits per heavy atom. The van der Waals surface area contributed by atoms with Crippen molar-refractivity contribution in [3.8, 4) is 5.75 Å². The maximum absolute atomic E-state index is 12.6. The molecule has 1 amide bonds. The van der Waals surface area contributed by atoms with Gasteiger partial charge in [-0.3, -0.25) is 4.79 Å². The zero-order valence-corrected chi connectivity index (χ0v) is 17.3. The zero-order valence-electron chi connectivity index (χ0n) is 16.4. The third-order valence-corrected chi connectivity index (χ3v) is 5.79. The van der Waals surface area contributed by atoms with E-state index in [2.05, 4.69) is 5.32 Å². The lowest BCUT2D eigenvalue weighted by Crippen LogP contribution is -2.38. The Labute approximate surface area is 161 Å². The molecular weight excluding hydrogens is 362 g/mol. The molecule has 0 aliphatic carbocycles. The fraction of sp³-hybridized carbons (Fsp3) is 0.381. The number of amides is 1. The standard InChI is InChI=1S/C21H27NO4S/c1-6-19(17-10-12-18(13-11-17)27(5,24)25)22-21(23)16(4)26-20-9-7-8-14(2)15(20)3/h7-13,16,19H,6H2,1-5H3,(H,22,23). The molecule has 2 aromatic carbocycles. The highest BCUT2D eigenvalue weighted by Gasteiger charge is 2.20. The van der Waals surface area contributed by atoms with Crippen molar-refractivity contribution in [3.63, 3.8) is 0 Å². The number of carbonyl (C=O) groups is 1. The predicted octanol–water partition coefficient (Wildman–Crippen LogP) is 3.74. The number of nitrogens with one attached hydrogen (secondary N) is 1. The highest BCUT2D eigenvalue weighted by molar-refractivity contribution is 7.90. The Kier molecular flexibility index (Phi) is 6.65. The smallest absolute Gasteiger partial charge is 0.261 e. The van der Waals surface area contributed by atoms with Crippen LogP contribution in [-0.2, 0) is 14.6 Å². The van der Waals surface area contributed by atoms with Gasteiger partial charge in [0.25, 0.3) is 5.91 Å². The summed E-state index contributed by atoms with van der Waals surface area (Å²) in [6.07, 6.45) is 1.21. The summed E-state index contributed by atoms with van der Waals surface area (Å²) in [5.74, 6) is 0.484. The Bertz CT molecular complexity index is 904. The van der Waals surface area contributed by atoms with E-state index in [4.69, 9.17) is 4.74 Å². The lowest BCUT2D eigenvalue weighted by atomic mass is 10.0. The van der Waals surface area contributed by atoms with Crippen molar-refractivity contribution < 1.29 is 17.9 Å². The van der Waals surface area contributed by atoms with E-state index in [1.807, 2.05) is 39.0 Å². The van der Waals surface area contributed by atoms with E-state index >= 15 is 0 Å². The van der Waals surface area contributed by atoms with Crippen LogP contribution in [0.4, 0.5) is 0 Å². The molecule has 27 heavy (non-hydrogen) atoms. The second-order valence-electron chi connectivity index (χ2n) is 6.77. The largest absolute Gasteiger partial charge is 0.481 e. The van der Waals surface area contributed by atoms with E-state index in [0.717, 1.165) is 16.7 Å². The quantitative estimate of drug-likeness (QED) is 0.783. The van der Waals surface area contributed by atoms with Gasteiger partial charge < -0.3 is 10.1 Å². The Balaban J connectivity index is 2.08. The summed E-state index contributed by atoms with van der Waals surface area (Å²) in [6.45, 7) is 7.65. The van der Waals surface area contributed by atoms with Gasteiger partial charge in [0.15, 0.2) is 15.9 Å². The van der Waals surface area contributed by atoms with Crippen molar-refractivity contribution in [2.45, 2.75) is 51.2 Å². The van der Waals surface area contributed by atoms with Crippen LogP contribution in [0.2, 0.25) is 0 Å². The number of ether oxygens (including phenoxy) is 1. The Morgan fingerprint density at radius 2 is 1.74 bits per heavy atom. The summed E-state index contributed by atoms with van der Waals surface area (Å²) in [4.78, 5) is 12.8. The summed E-state index contributed by atoms with van der Waals surface area (Å²) in [6, 6.07) is 12.2. The lowest BCUT2D eigenvalue weighted by Gasteiger charge is -2.22. The van der Waals surface area contributed by atoms with Crippen molar-refractivity contribution >= 4 is 15.7 Å².